The van der Waals surface area contributed by atoms with Crippen LogP contribution in [0.25, 0.3) is 0 Å². The largest absolute Gasteiger partial charge is 0.354 e. The lowest BCUT2D eigenvalue weighted by Gasteiger charge is -2.26. The topological polar surface area (TPSA) is 168 Å². The maximum Gasteiger partial charge on any atom is 0.270 e. The van der Waals surface area contributed by atoms with E-state index in [-0.39, 0.29) is 41.5 Å². The van der Waals surface area contributed by atoms with E-state index in [0.29, 0.717) is 0 Å². The number of rotatable bonds is 7. The van der Waals surface area contributed by atoms with Crippen molar-refractivity contribution in [3.63, 3.8) is 0 Å². The molecule has 12 nitrogen and oxygen atoms in total. The molecule has 0 saturated carbocycles. The molecule has 0 spiro atoms. The highest BCUT2D eigenvalue weighted by atomic mass is 32.2. The zero-order chi connectivity index (χ0) is 24.2. The third kappa shape index (κ3) is 5.70. The van der Waals surface area contributed by atoms with Gasteiger partial charge in [-0.05, 0) is 31.2 Å². The van der Waals surface area contributed by atoms with Crippen LogP contribution in [0, 0.1) is 10.1 Å². The predicted octanol–water partition coefficient (Wildman–Crippen LogP) is 0.472. The zero-order valence-corrected chi connectivity index (χ0v) is 18.3. The molecule has 0 bridgehead atoms. The summed E-state index contributed by atoms with van der Waals surface area (Å²) < 4.78 is 26.7. The Morgan fingerprint density at radius 3 is 2.61 bits per heavy atom. The van der Waals surface area contributed by atoms with Crippen LogP contribution >= 0.6 is 0 Å². The molecule has 3 amide bonds. The highest BCUT2D eigenvalue weighted by Gasteiger charge is 2.29. The highest BCUT2D eigenvalue weighted by Crippen LogP contribution is 2.20. The second kappa shape index (κ2) is 9.75. The Hall–Kier alpha value is -3.84. The van der Waals surface area contributed by atoms with Gasteiger partial charge in [-0.25, -0.2) is 8.42 Å². The third-order valence-corrected chi connectivity index (χ3v) is 6.64. The molecule has 1 aliphatic rings. The normalized spacial score (nSPS) is 15.2. The van der Waals surface area contributed by atoms with Crippen LogP contribution in [0.5, 0.6) is 0 Å². The van der Waals surface area contributed by atoms with E-state index in [2.05, 4.69) is 16.0 Å². The summed E-state index contributed by atoms with van der Waals surface area (Å²) in [4.78, 5) is 46.5. The van der Waals surface area contributed by atoms with Crippen LogP contribution in [0.3, 0.4) is 0 Å². The van der Waals surface area contributed by atoms with Gasteiger partial charge in [-0.2, -0.15) is 4.31 Å². The van der Waals surface area contributed by atoms with Gasteiger partial charge in [0.1, 0.15) is 6.04 Å². The van der Waals surface area contributed by atoms with Crippen LogP contribution in [0.4, 0.5) is 11.4 Å². The molecule has 1 saturated heterocycles. The van der Waals surface area contributed by atoms with Gasteiger partial charge in [-0.15, -0.1) is 0 Å². The van der Waals surface area contributed by atoms with Crippen molar-refractivity contribution < 1.29 is 27.7 Å². The quantitative estimate of drug-likeness (QED) is 0.386. The van der Waals surface area contributed by atoms with Crippen molar-refractivity contribution in [3.05, 3.63) is 64.2 Å². The lowest BCUT2D eigenvalue weighted by molar-refractivity contribution is -0.384. The van der Waals surface area contributed by atoms with E-state index in [1.165, 1.54) is 49.4 Å². The molecular formula is C20H21N5O7S. The fourth-order valence-corrected chi connectivity index (χ4v) is 4.50. The van der Waals surface area contributed by atoms with Gasteiger partial charge >= 0.3 is 0 Å². The molecule has 1 atom stereocenters. The molecule has 1 unspecified atom stereocenters. The molecule has 2 aromatic rings. The van der Waals surface area contributed by atoms with E-state index < -0.39 is 38.7 Å². The molecule has 1 fully saturated rings. The van der Waals surface area contributed by atoms with Crippen LogP contribution in [0.15, 0.2) is 53.4 Å². The van der Waals surface area contributed by atoms with E-state index in [1.807, 2.05) is 0 Å². The molecule has 2 aromatic carbocycles. The number of nitrogens with zero attached hydrogens (tertiary/aromatic N) is 2. The summed E-state index contributed by atoms with van der Waals surface area (Å²) in [6, 6.07) is 9.58. The lowest BCUT2D eigenvalue weighted by Crippen LogP contribution is -2.49. The minimum Gasteiger partial charge on any atom is -0.354 e. The molecule has 1 heterocycles. The monoisotopic (exact) mass is 475 g/mol. The number of carbonyl (C=O) groups is 3. The van der Waals surface area contributed by atoms with Crippen LogP contribution in [0.1, 0.15) is 17.3 Å². The van der Waals surface area contributed by atoms with Crippen molar-refractivity contribution in [2.24, 2.45) is 0 Å². The minimum absolute atomic E-state index is 0.0162. The molecule has 0 aliphatic carbocycles. The predicted molar refractivity (Wildman–Crippen MR) is 117 cm³/mol. The number of anilines is 1. The van der Waals surface area contributed by atoms with Gasteiger partial charge in [0, 0.05) is 36.5 Å². The van der Waals surface area contributed by atoms with Gasteiger partial charge in [-0.1, -0.05) is 12.1 Å². The fourth-order valence-electron chi connectivity index (χ4n) is 3.06. The number of nitro benzene ring substituents is 1. The number of benzene rings is 2. The minimum atomic E-state index is -3.94. The van der Waals surface area contributed by atoms with Crippen molar-refractivity contribution in [3.8, 4) is 0 Å². The summed E-state index contributed by atoms with van der Waals surface area (Å²) in [5, 5.41) is 18.4. The van der Waals surface area contributed by atoms with Crippen molar-refractivity contribution >= 4 is 39.1 Å². The number of nitro groups is 1. The number of piperazine rings is 1. The van der Waals surface area contributed by atoms with E-state index in [1.54, 1.807) is 0 Å². The van der Waals surface area contributed by atoms with Gasteiger partial charge in [0.15, 0.2) is 0 Å². The first-order chi connectivity index (χ1) is 15.6. The summed E-state index contributed by atoms with van der Waals surface area (Å²) in [6.45, 7) is 1.46. The fraction of sp³-hybridized carbons (Fsp3) is 0.250. The molecule has 0 radical (unpaired) electrons. The maximum absolute atomic E-state index is 12.8. The van der Waals surface area contributed by atoms with Gasteiger partial charge < -0.3 is 16.0 Å². The van der Waals surface area contributed by atoms with E-state index in [4.69, 9.17) is 0 Å². The Morgan fingerprint density at radius 1 is 1.18 bits per heavy atom. The summed E-state index contributed by atoms with van der Waals surface area (Å²) in [5.74, 6) is -1.70. The molecule has 13 heteroatoms. The summed E-state index contributed by atoms with van der Waals surface area (Å²) in [6.07, 6.45) is 0. The average Bonchev–Trinajstić information content (AvgIpc) is 2.79. The summed E-state index contributed by atoms with van der Waals surface area (Å²) in [5.41, 5.74) is -0.0644. The maximum atomic E-state index is 12.8. The molecule has 3 rings (SSSR count). The summed E-state index contributed by atoms with van der Waals surface area (Å²) in [7, 11) is -3.94. The molecule has 1 aliphatic heterocycles. The van der Waals surface area contributed by atoms with Crippen LogP contribution in [-0.4, -0.2) is 61.0 Å². The highest BCUT2D eigenvalue weighted by molar-refractivity contribution is 7.89. The Balaban J connectivity index is 1.68. The average molecular weight is 475 g/mol. The van der Waals surface area contributed by atoms with Crippen molar-refractivity contribution in [2.45, 2.75) is 17.9 Å². The van der Waals surface area contributed by atoms with Crippen LogP contribution in [-0.2, 0) is 19.6 Å². The van der Waals surface area contributed by atoms with Gasteiger partial charge in [0.2, 0.25) is 21.8 Å². The lowest BCUT2D eigenvalue weighted by atomic mass is 10.1. The Labute approximate surface area is 189 Å². The molecule has 33 heavy (non-hydrogen) atoms. The first kappa shape index (κ1) is 23.8. The Kier molecular flexibility index (Phi) is 7.04. The van der Waals surface area contributed by atoms with Crippen molar-refractivity contribution in [2.75, 3.05) is 25.0 Å². The van der Waals surface area contributed by atoms with Crippen molar-refractivity contribution in [1.29, 1.82) is 0 Å². The molecule has 3 N–H and O–H groups in total. The second-order valence-electron chi connectivity index (χ2n) is 7.21. The number of non-ortho nitro benzene ring substituents is 1. The molecular weight excluding hydrogens is 454 g/mol. The van der Waals surface area contributed by atoms with Gasteiger partial charge in [0.25, 0.3) is 11.6 Å². The number of carbonyl (C=O) groups excluding carboxylic acids is 3. The number of nitrogens with one attached hydrogen (secondary N) is 3. The third-order valence-electron chi connectivity index (χ3n) is 4.80. The number of sulfonamides is 1. The molecule has 174 valence electrons. The Morgan fingerprint density at radius 2 is 1.91 bits per heavy atom. The first-order valence-corrected chi connectivity index (χ1v) is 11.2. The number of hydrogen-bond acceptors (Lipinski definition) is 7. The SMILES string of the molecule is CC(NC(=O)c1cccc([N+](=O)[O-])c1)C(=O)Nc1cccc(S(=O)(=O)N2CCNC(=O)C2)c1. The van der Waals surface area contributed by atoms with E-state index >= 15 is 0 Å². The van der Waals surface area contributed by atoms with Gasteiger partial charge in [-0.3, -0.25) is 24.5 Å². The van der Waals surface area contributed by atoms with Crippen molar-refractivity contribution in [1.82, 2.24) is 14.9 Å². The van der Waals surface area contributed by atoms with Gasteiger partial charge in [0.05, 0.1) is 16.4 Å². The first-order valence-electron chi connectivity index (χ1n) is 9.81. The number of amides is 3. The smallest absolute Gasteiger partial charge is 0.270 e. The zero-order valence-electron chi connectivity index (χ0n) is 17.5. The standard InChI is InChI=1S/C20H21N5O7S/c1-13(22-20(28)14-4-2-6-16(10-14)25(29)30)19(27)23-15-5-3-7-17(11-15)33(31,32)24-9-8-21-18(26)12-24/h2-7,10-11,13H,8-9,12H2,1H3,(H,21,26)(H,22,28)(H,23,27). The molecule has 0 aromatic heterocycles. The van der Waals surface area contributed by atoms with E-state index in [9.17, 15) is 32.9 Å². The second-order valence-corrected chi connectivity index (χ2v) is 9.15. The van der Waals surface area contributed by atoms with Crippen LogP contribution < -0.4 is 16.0 Å². The number of hydrogen-bond donors (Lipinski definition) is 3. The Bertz CT molecular complexity index is 1210. The summed E-state index contributed by atoms with van der Waals surface area (Å²) >= 11 is 0. The van der Waals surface area contributed by atoms with Crippen LogP contribution in [0.2, 0.25) is 0 Å². The van der Waals surface area contributed by atoms with E-state index in [0.717, 1.165) is 10.4 Å².